The number of benzene rings is 2. The monoisotopic (exact) mass is 416 g/mol. The third-order valence-corrected chi connectivity index (χ3v) is 5.67. The standard InChI is InChI=1S/C20H18F2N4O2S/c21-13-9-15(22)17-16(10-13)29-19(24-17)25-18(27)12-5-4-8-26(11-12)20(28)23-14-6-2-1-3-7-14/h1-3,6-7,9-10,12H,4-5,8,11H2,(H,23,28)(H,24,25,27). The van der Waals surface area contributed by atoms with Gasteiger partial charge in [-0.3, -0.25) is 4.79 Å². The summed E-state index contributed by atoms with van der Waals surface area (Å²) >= 11 is 1.01. The molecule has 3 amide bonds. The van der Waals surface area contributed by atoms with Crippen molar-refractivity contribution in [1.29, 1.82) is 0 Å². The predicted octanol–water partition coefficient (Wildman–Crippen LogP) is 4.46. The molecule has 0 saturated carbocycles. The van der Waals surface area contributed by atoms with E-state index < -0.39 is 17.6 Å². The molecule has 0 spiro atoms. The van der Waals surface area contributed by atoms with Crippen molar-refractivity contribution in [2.75, 3.05) is 23.7 Å². The van der Waals surface area contributed by atoms with Crippen molar-refractivity contribution in [3.05, 3.63) is 54.1 Å². The highest BCUT2D eigenvalue weighted by Gasteiger charge is 2.29. The van der Waals surface area contributed by atoms with E-state index in [0.29, 0.717) is 29.8 Å². The highest BCUT2D eigenvalue weighted by Crippen LogP contribution is 2.29. The van der Waals surface area contributed by atoms with Crippen molar-refractivity contribution in [2.24, 2.45) is 5.92 Å². The quantitative estimate of drug-likeness (QED) is 0.662. The molecule has 9 heteroatoms. The van der Waals surface area contributed by atoms with E-state index in [-0.39, 0.29) is 29.1 Å². The molecule has 1 unspecified atom stereocenters. The number of thiazole rings is 1. The molecule has 6 nitrogen and oxygen atoms in total. The lowest BCUT2D eigenvalue weighted by Gasteiger charge is -2.31. The van der Waals surface area contributed by atoms with Gasteiger partial charge in [-0.15, -0.1) is 0 Å². The van der Waals surface area contributed by atoms with Crippen molar-refractivity contribution < 1.29 is 18.4 Å². The van der Waals surface area contributed by atoms with Gasteiger partial charge in [-0.05, 0) is 31.0 Å². The predicted molar refractivity (Wildman–Crippen MR) is 108 cm³/mol. The van der Waals surface area contributed by atoms with Gasteiger partial charge in [-0.25, -0.2) is 18.6 Å². The van der Waals surface area contributed by atoms with Gasteiger partial charge in [-0.1, -0.05) is 29.5 Å². The van der Waals surface area contributed by atoms with Gasteiger partial charge >= 0.3 is 6.03 Å². The van der Waals surface area contributed by atoms with Gasteiger partial charge in [0.15, 0.2) is 10.9 Å². The number of carbonyl (C=O) groups is 2. The van der Waals surface area contributed by atoms with Crippen LogP contribution < -0.4 is 10.6 Å². The highest BCUT2D eigenvalue weighted by molar-refractivity contribution is 7.22. The van der Waals surface area contributed by atoms with E-state index in [1.807, 2.05) is 18.2 Å². The van der Waals surface area contributed by atoms with Crippen LogP contribution >= 0.6 is 11.3 Å². The normalized spacial score (nSPS) is 16.6. The maximum Gasteiger partial charge on any atom is 0.321 e. The summed E-state index contributed by atoms with van der Waals surface area (Å²) in [5.41, 5.74) is 0.715. The number of anilines is 2. The van der Waals surface area contributed by atoms with Crippen LogP contribution in [0.4, 0.5) is 24.4 Å². The summed E-state index contributed by atoms with van der Waals surface area (Å²) in [6.45, 7) is 0.840. The molecule has 0 bridgehead atoms. The Morgan fingerprint density at radius 1 is 1.14 bits per heavy atom. The topological polar surface area (TPSA) is 74.3 Å². The Morgan fingerprint density at radius 3 is 2.72 bits per heavy atom. The number of piperidine rings is 1. The zero-order valence-corrected chi connectivity index (χ0v) is 16.1. The summed E-state index contributed by atoms with van der Waals surface area (Å²) in [6, 6.07) is 10.8. The Labute approximate surface area is 169 Å². The number of likely N-dealkylation sites (tertiary alicyclic amines) is 1. The minimum atomic E-state index is -0.766. The second-order valence-corrected chi connectivity index (χ2v) is 7.85. The lowest BCUT2D eigenvalue weighted by Crippen LogP contribution is -2.45. The smallest absolute Gasteiger partial charge is 0.321 e. The van der Waals surface area contributed by atoms with Gasteiger partial charge in [-0.2, -0.15) is 0 Å². The van der Waals surface area contributed by atoms with E-state index in [2.05, 4.69) is 15.6 Å². The molecule has 2 N–H and O–H groups in total. The number of halogens is 2. The molecule has 1 aliphatic heterocycles. The summed E-state index contributed by atoms with van der Waals surface area (Å²) in [5, 5.41) is 5.70. The number of para-hydroxylation sites is 1. The van der Waals surface area contributed by atoms with E-state index in [1.54, 1.807) is 17.0 Å². The molecule has 150 valence electrons. The second-order valence-electron chi connectivity index (χ2n) is 6.82. The molecule has 2 aromatic carbocycles. The van der Waals surface area contributed by atoms with Crippen LogP contribution in [0.5, 0.6) is 0 Å². The molecule has 2 heterocycles. The van der Waals surface area contributed by atoms with Gasteiger partial charge < -0.3 is 15.5 Å². The molecule has 1 fully saturated rings. The summed E-state index contributed by atoms with van der Waals surface area (Å²) in [6.07, 6.45) is 1.33. The molecular formula is C20H18F2N4O2S. The van der Waals surface area contributed by atoms with Crippen LogP contribution in [0.2, 0.25) is 0 Å². The zero-order valence-electron chi connectivity index (χ0n) is 15.3. The fourth-order valence-corrected chi connectivity index (χ4v) is 4.23. The Bertz CT molecular complexity index is 1060. The van der Waals surface area contributed by atoms with Gasteiger partial charge in [0.2, 0.25) is 5.91 Å². The van der Waals surface area contributed by atoms with E-state index in [9.17, 15) is 18.4 Å². The van der Waals surface area contributed by atoms with Crippen LogP contribution in [0.3, 0.4) is 0 Å². The van der Waals surface area contributed by atoms with E-state index >= 15 is 0 Å². The van der Waals surface area contributed by atoms with Crippen molar-refractivity contribution in [3.63, 3.8) is 0 Å². The lowest BCUT2D eigenvalue weighted by molar-refractivity contribution is -0.121. The molecule has 3 aromatic rings. The molecule has 0 radical (unpaired) electrons. The number of hydrogen-bond acceptors (Lipinski definition) is 4. The summed E-state index contributed by atoms with van der Waals surface area (Å²) in [4.78, 5) is 30.8. The third-order valence-electron chi connectivity index (χ3n) is 4.75. The molecule has 1 aliphatic rings. The van der Waals surface area contributed by atoms with Gasteiger partial charge in [0, 0.05) is 24.8 Å². The van der Waals surface area contributed by atoms with Crippen LogP contribution in [0.15, 0.2) is 42.5 Å². The average Bonchev–Trinajstić information content (AvgIpc) is 3.11. The summed E-state index contributed by atoms with van der Waals surface area (Å²) < 4.78 is 27.5. The minimum Gasteiger partial charge on any atom is -0.324 e. The first-order valence-corrected chi connectivity index (χ1v) is 9.98. The van der Waals surface area contributed by atoms with Gasteiger partial charge in [0.1, 0.15) is 11.3 Å². The zero-order chi connectivity index (χ0) is 20.4. The molecule has 1 saturated heterocycles. The number of rotatable bonds is 3. The number of aromatic nitrogens is 1. The van der Waals surface area contributed by atoms with Crippen LogP contribution in [-0.2, 0) is 4.79 Å². The Balaban J connectivity index is 1.41. The summed E-state index contributed by atoms with van der Waals surface area (Å²) in [5.74, 6) is -2.15. The van der Waals surface area contributed by atoms with E-state index in [0.717, 1.165) is 17.4 Å². The van der Waals surface area contributed by atoms with Gasteiger partial charge in [0.25, 0.3) is 0 Å². The Morgan fingerprint density at radius 2 is 1.93 bits per heavy atom. The van der Waals surface area contributed by atoms with Crippen molar-refractivity contribution in [3.8, 4) is 0 Å². The van der Waals surface area contributed by atoms with Gasteiger partial charge in [0.05, 0.1) is 10.6 Å². The molecule has 4 rings (SSSR count). The first-order chi connectivity index (χ1) is 14.0. The van der Waals surface area contributed by atoms with Crippen molar-refractivity contribution in [2.45, 2.75) is 12.8 Å². The maximum absolute atomic E-state index is 13.8. The maximum atomic E-state index is 13.8. The van der Waals surface area contributed by atoms with Crippen molar-refractivity contribution in [1.82, 2.24) is 9.88 Å². The Hall–Kier alpha value is -3.07. The molecule has 0 aliphatic carbocycles. The van der Waals surface area contributed by atoms with Crippen LogP contribution in [0.25, 0.3) is 10.2 Å². The number of nitrogens with one attached hydrogen (secondary N) is 2. The first kappa shape index (κ1) is 19.3. The number of urea groups is 1. The number of hydrogen-bond donors (Lipinski definition) is 2. The van der Waals surface area contributed by atoms with E-state index in [1.165, 1.54) is 6.07 Å². The van der Waals surface area contributed by atoms with Crippen LogP contribution in [-0.4, -0.2) is 34.9 Å². The number of carbonyl (C=O) groups excluding carboxylic acids is 2. The Kier molecular flexibility index (Phi) is 5.39. The van der Waals surface area contributed by atoms with Crippen molar-refractivity contribution >= 4 is 44.3 Å². The largest absolute Gasteiger partial charge is 0.324 e. The average molecular weight is 416 g/mol. The summed E-state index contributed by atoms with van der Waals surface area (Å²) in [7, 11) is 0. The molecule has 29 heavy (non-hydrogen) atoms. The molecule has 1 atom stereocenters. The SMILES string of the molecule is O=C(Nc1nc2c(F)cc(F)cc2s1)C1CCCN(C(=O)Nc2ccccc2)C1. The highest BCUT2D eigenvalue weighted by atomic mass is 32.1. The van der Waals surface area contributed by atoms with Crippen LogP contribution in [0.1, 0.15) is 12.8 Å². The number of nitrogens with zero attached hydrogens (tertiary/aromatic N) is 2. The fraction of sp³-hybridized carbons (Fsp3) is 0.250. The second kappa shape index (κ2) is 8.12. The number of amides is 3. The minimum absolute atomic E-state index is 0.0270. The number of fused-ring (bicyclic) bond motifs is 1. The fourth-order valence-electron chi connectivity index (χ4n) is 3.32. The molecular weight excluding hydrogens is 398 g/mol. The molecule has 1 aromatic heterocycles. The third kappa shape index (κ3) is 4.34. The van der Waals surface area contributed by atoms with E-state index in [4.69, 9.17) is 0 Å². The first-order valence-electron chi connectivity index (χ1n) is 9.17. The lowest BCUT2D eigenvalue weighted by atomic mass is 9.97. The van der Waals surface area contributed by atoms with Crippen LogP contribution in [0, 0.1) is 17.6 Å².